The van der Waals surface area contributed by atoms with E-state index >= 15 is 0 Å². The van der Waals surface area contributed by atoms with Gasteiger partial charge in [0.15, 0.2) is 0 Å². The number of aromatic nitrogens is 4. The second-order valence-corrected chi connectivity index (χ2v) is 7.07. The van der Waals surface area contributed by atoms with Gasteiger partial charge < -0.3 is 9.64 Å². The van der Waals surface area contributed by atoms with Crippen LogP contribution >= 0.6 is 11.8 Å². The number of hydrogen-bond acceptors (Lipinski definition) is 6. The molecule has 0 aliphatic carbocycles. The van der Waals surface area contributed by atoms with Gasteiger partial charge in [0.2, 0.25) is 11.1 Å². The number of hydrogen-bond donors (Lipinski definition) is 0. The highest BCUT2D eigenvalue weighted by molar-refractivity contribution is 7.99. The number of tetrazole rings is 1. The number of halogens is 1. The minimum atomic E-state index is -0.294. The first-order chi connectivity index (χ1) is 13.5. The van der Waals surface area contributed by atoms with Crippen LogP contribution in [0.5, 0.6) is 5.75 Å². The van der Waals surface area contributed by atoms with Gasteiger partial charge in [-0.25, -0.2) is 9.07 Å². The van der Waals surface area contributed by atoms with Crippen molar-refractivity contribution in [2.24, 2.45) is 0 Å². The Morgan fingerprint density at radius 1 is 1.14 bits per heavy atom. The van der Waals surface area contributed by atoms with Crippen molar-refractivity contribution in [1.82, 2.24) is 25.1 Å². The van der Waals surface area contributed by atoms with Crippen molar-refractivity contribution in [3.05, 3.63) is 65.5 Å². The topological polar surface area (TPSA) is 73.1 Å². The van der Waals surface area contributed by atoms with Crippen molar-refractivity contribution in [1.29, 1.82) is 0 Å². The highest BCUT2D eigenvalue weighted by Crippen LogP contribution is 2.18. The van der Waals surface area contributed by atoms with Crippen LogP contribution in [0.4, 0.5) is 4.39 Å². The van der Waals surface area contributed by atoms with Crippen LogP contribution in [0.1, 0.15) is 11.1 Å². The van der Waals surface area contributed by atoms with Crippen LogP contribution in [-0.2, 0) is 17.9 Å². The summed E-state index contributed by atoms with van der Waals surface area (Å²) in [5.41, 5.74) is 1.89. The predicted octanol–water partition coefficient (Wildman–Crippen LogP) is 2.62. The van der Waals surface area contributed by atoms with Crippen molar-refractivity contribution in [2.75, 3.05) is 19.9 Å². The molecule has 0 unspecified atom stereocenters. The molecule has 9 heteroatoms. The molecular weight excluding hydrogens is 381 g/mol. The van der Waals surface area contributed by atoms with E-state index in [0.717, 1.165) is 16.9 Å². The second-order valence-electron chi connectivity index (χ2n) is 6.13. The Bertz CT molecular complexity index is 915. The monoisotopic (exact) mass is 401 g/mol. The van der Waals surface area contributed by atoms with Crippen LogP contribution in [0.2, 0.25) is 0 Å². The van der Waals surface area contributed by atoms with E-state index in [-0.39, 0.29) is 17.5 Å². The lowest BCUT2D eigenvalue weighted by Crippen LogP contribution is -2.28. The number of carbonyl (C=O) groups excluding carboxylic acids is 1. The van der Waals surface area contributed by atoms with E-state index in [9.17, 15) is 9.18 Å². The minimum absolute atomic E-state index is 0.0617. The molecule has 0 saturated carbocycles. The molecule has 2 aromatic carbocycles. The number of ether oxygens (including phenoxy) is 1. The Labute approximate surface area is 166 Å². The summed E-state index contributed by atoms with van der Waals surface area (Å²) in [5, 5.41) is 12.3. The number of amides is 1. The summed E-state index contributed by atoms with van der Waals surface area (Å²) in [4.78, 5) is 14.0. The number of benzene rings is 2. The summed E-state index contributed by atoms with van der Waals surface area (Å²) in [6, 6.07) is 13.7. The number of methoxy groups -OCH3 is 1. The number of carbonyl (C=O) groups is 1. The van der Waals surface area contributed by atoms with Crippen molar-refractivity contribution in [2.45, 2.75) is 18.2 Å². The Hall–Kier alpha value is -2.94. The highest BCUT2D eigenvalue weighted by Gasteiger charge is 2.14. The summed E-state index contributed by atoms with van der Waals surface area (Å²) in [5.74, 6) is 0.635. The van der Waals surface area contributed by atoms with Crippen molar-refractivity contribution in [3.8, 4) is 5.75 Å². The zero-order valence-electron chi connectivity index (χ0n) is 15.6. The molecule has 3 rings (SSSR count). The molecule has 0 saturated heterocycles. The van der Waals surface area contributed by atoms with Gasteiger partial charge in [-0.1, -0.05) is 36.0 Å². The smallest absolute Gasteiger partial charge is 0.233 e. The molecule has 0 bridgehead atoms. The van der Waals surface area contributed by atoms with Gasteiger partial charge in [-0.2, -0.15) is 0 Å². The molecule has 0 aliphatic heterocycles. The maximum atomic E-state index is 13.0. The summed E-state index contributed by atoms with van der Waals surface area (Å²) in [6.07, 6.45) is 0. The molecule has 1 aromatic heterocycles. The fourth-order valence-corrected chi connectivity index (χ4v) is 3.31. The Morgan fingerprint density at radius 3 is 2.50 bits per heavy atom. The molecule has 0 atom stereocenters. The van der Waals surface area contributed by atoms with E-state index in [1.54, 1.807) is 35.9 Å². The molecule has 146 valence electrons. The maximum Gasteiger partial charge on any atom is 0.233 e. The zero-order valence-corrected chi connectivity index (χ0v) is 16.4. The van der Waals surface area contributed by atoms with Gasteiger partial charge in [0.25, 0.3) is 0 Å². The van der Waals surface area contributed by atoms with Gasteiger partial charge in [0.05, 0.1) is 19.4 Å². The van der Waals surface area contributed by atoms with Crippen LogP contribution in [-0.4, -0.2) is 50.9 Å². The fraction of sp³-hybridized carbons (Fsp3) is 0.263. The fourth-order valence-electron chi connectivity index (χ4n) is 2.49. The van der Waals surface area contributed by atoms with E-state index in [0.29, 0.717) is 18.2 Å². The van der Waals surface area contributed by atoms with Crippen LogP contribution in [0.25, 0.3) is 0 Å². The van der Waals surface area contributed by atoms with Gasteiger partial charge in [-0.05, 0) is 45.8 Å². The highest BCUT2D eigenvalue weighted by atomic mass is 32.2. The molecule has 0 N–H and O–H groups in total. The predicted molar refractivity (Wildman–Crippen MR) is 104 cm³/mol. The standard InChI is InChI=1S/C19H20FN5O2S/c1-24(11-14-3-7-16(20)8-4-14)18(26)13-28-19-21-22-23-25(19)12-15-5-9-17(27-2)10-6-15/h3-10H,11-13H2,1-2H3. The quantitative estimate of drug-likeness (QED) is 0.540. The summed E-state index contributed by atoms with van der Waals surface area (Å²) < 4.78 is 19.8. The SMILES string of the molecule is COc1ccc(Cn2nnnc2SCC(=O)N(C)Cc2ccc(F)cc2)cc1. The van der Waals surface area contributed by atoms with Crippen molar-refractivity contribution < 1.29 is 13.9 Å². The molecule has 28 heavy (non-hydrogen) atoms. The van der Waals surface area contributed by atoms with E-state index in [4.69, 9.17) is 4.74 Å². The van der Waals surface area contributed by atoms with Gasteiger partial charge in [-0.3, -0.25) is 4.79 Å². The van der Waals surface area contributed by atoms with Gasteiger partial charge in [-0.15, -0.1) is 5.10 Å². The second kappa shape index (κ2) is 9.32. The molecule has 0 fully saturated rings. The third-order valence-electron chi connectivity index (χ3n) is 4.07. The van der Waals surface area contributed by atoms with E-state index in [1.807, 2.05) is 24.3 Å². The Kier molecular flexibility index (Phi) is 6.59. The minimum Gasteiger partial charge on any atom is -0.497 e. The average molecular weight is 401 g/mol. The third-order valence-corrected chi connectivity index (χ3v) is 5.02. The van der Waals surface area contributed by atoms with Crippen molar-refractivity contribution >= 4 is 17.7 Å². The summed E-state index contributed by atoms with van der Waals surface area (Å²) in [6.45, 7) is 0.912. The summed E-state index contributed by atoms with van der Waals surface area (Å²) in [7, 11) is 3.34. The summed E-state index contributed by atoms with van der Waals surface area (Å²) >= 11 is 1.28. The zero-order chi connectivity index (χ0) is 19.9. The lowest BCUT2D eigenvalue weighted by Gasteiger charge is -2.17. The largest absolute Gasteiger partial charge is 0.497 e. The van der Waals surface area contributed by atoms with Crippen LogP contribution in [0.3, 0.4) is 0 Å². The first-order valence-corrected chi connectivity index (χ1v) is 9.54. The maximum absolute atomic E-state index is 13.0. The molecule has 3 aromatic rings. The lowest BCUT2D eigenvalue weighted by molar-refractivity contribution is -0.127. The van der Waals surface area contributed by atoms with E-state index < -0.39 is 0 Å². The molecule has 7 nitrogen and oxygen atoms in total. The molecule has 1 heterocycles. The van der Waals surface area contributed by atoms with Gasteiger partial charge in [0.1, 0.15) is 11.6 Å². The Morgan fingerprint density at radius 2 is 1.82 bits per heavy atom. The molecular formula is C19H20FN5O2S. The third kappa shape index (κ3) is 5.29. The van der Waals surface area contributed by atoms with Crippen molar-refractivity contribution in [3.63, 3.8) is 0 Å². The number of nitrogens with zero attached hydrogens (tertiary/aromatic N) is 5. The number of thioether (sulfide) groups is 1. The lowest BCUT2D eigenvalue weighted by atomic mass is 10.2. The van der Waals surface area contributed by atoms with E-state index in [1.165, 1.54) is 23.9 Å². The molecule has 1 amide bonds. The normalized spacial score (nSPS) is 10.7. The first-order valence-electron chi connectivity index (χ1n) is 8.55. The molecule has 0 spiro atoms. The molecule has 0 aliphatic rings. The van der Waals surface area contributed by atoms with Crippen LogP contribution in [0, 0.1) is 5.82 Å². The first kappa shape index (κ1) is 19.8. The van der Waals surface area contributed by atoms with Crippen LogP contribution in [0.15, 0.2) is 53.7 Å². The molecule has 0 radical (unpaired) electrons. The van der Waals surface area contributed by atoms with Gasteiger partial charge in [0, 0.05) is 13.6 Å². The Balaban J connectivity index is 1.54. The average Bonchev–Trinajstić information content (AvgIpc) is 3.15. The van der Waals surface area contributed by atoms with Crippen LogP contribution < -0.4 is 4.74 Å². The van der Waals surface area contributed by atoms with Gasteiger partial charge >= 0.3 is 0 Å². The van der Waals surface area contributed by atoms with E-state index in [2.05, 4.69) is 15.5 Å². The number of rotatable bonds is 8.